The molecule has 1 aromatic rings. The van der Waals surface area contributed by atoms with Crippen LogP contribution in [0.4, 0.5) is 10.9 Å². The van der Waals surface area contributed by atoms with Gasteiger partial charge in [-0.1, -0.05) is 11.3 Å². The Labute approximate surface area is 117 Å². The number of nitrogens with one attached hydrogen (secondary N) is 1. The first kappa shape index (κ1) is 14.1. The molecule has 1 aliphatic rings. The Morgan fingerprint density at radius 1 is 1.42 bits per heavy atom. The highest BCUT2D eigenvalue weighted by Gasteiger charge is 2.23. The lowest BCUT2D eigenvalue weighted by atomic mass is 10.4. The van der Waals surface area contributed by atoms with E-state index in [0.29, 0.717) is 23.8 Å². The van der Waals surface area contributed by atoms with Crippen molar-refractivity contribution < 1.29 is 4.79 Å². The quantitative estimate of drug-likeness (QED) is 0.847. The monoisotopic (exact) mass is 283 g/mol. The Kier molecular flexibility index (Phi) is 4.60. The molecule has 1 amide bonds. The van der Waals surface area contributed by atoms with Gasteiger partial charge in [-0.2, -0.15) is 0 Å². The van der Waals surface area contributed by atoms with Crippen molar-refractivity contribution in [3.8, 4) is 0 Å². The second-order valence-corrected chi connectivity index (χ2v) is 5.40. The fraction of sp³-hybridized carbons (Fsp3) is 0.667. The van der Waals surface area contributed by atoms with E-state index >= 15 is 0 Å². The minimum Gasteiger partial charge on any atom is -0.382 e. The SMILES string of the molecule is CCN(CC)C(=O)c1sc(N2CCNCC2)nc1N. The second kappa shape index (κ2) is 6.21. The van der Waals surface area contributed by atoms with Gasteiger partial charge in [-0.25, -0.2) is 4.98 Å². The van der Waals surface area contributed by atoms with Gasteiger partial charge in [-0.05, 0) is 13.8 Å². The first-order valence-corrected chi connectivity index (χ1v) is 7.50. The van der Waals surface area contributed by atoms with Gasteiger partial charge in [0.1, 0.15) is 10.7 Å². The van der Waals surface area contributed by atoms with E-state index in [1.165, 1.54) is 11.3 Å². The first-order chi connectivity index (χ1) is 9.17. The van der Waals surface area contributed by atoms with E-state index in [2.05, 4.69) is 15.2 Å². The number of rotatable bonds is 4. The highest BCUT2D eigenvalue weighted by molar-refractivity contribution is 7.18. The van der Waals surface area contributed by atoms with Crippen LogP contribution in [0.2, 0.25) is 0 Å². The molecule has 0 bridgehead atoms. The maximum Gasteiger partial charge on any atom is 0.267 e. The van der Waals surface area contributed by atoms with Crippen molar-refractivity contribution in [3.05, 3.63) is 4.88 Å². The molecular weight excluding hydrogens is 262 g/mol. The summed E-state index contributed by atoms with van der Waals surface area (Å²) in [6.07, 6.45) is 0. The van der Waals surface area contributed by atoms with Crippen LogP contribution < -0.4 is 16.0 Å². The van der Waals surface area contributed by atoms with Gasteiger partial charge < -0.3 is 20.9 Å². The molecule has 19 heavy (non-hydrogen) atoms. The summed E-state index contributed by atoms with van der Waals surface area (Å²) in [5, 5.41) is 4.15. The summed E-state index contributed by atoms with van der Waals surface area (Å²) in [7, 11) is 0. The molecule has 1 aromatic heterocycles. The van der Waals surface area contributed by atoms with Crippen LogP contribution in [-0.2, 0) is 0 Å². The highest BCUT2D eigenvalue weighted by Crippen LogP contribution is 2.29. The van der Waals surface area contributed by atoms with Crippen LogP contribution in [0.1, 0.15) is 23.5 Å². The third-order valence-corrected chi connectivity index (χ3v) is 4.39. The van der Waals surface area contributed by atoms with Crippen LogP contribution in [0.15, 0.2) is 0 Å². The summed E-state index contributed by atoms with van der Waals surface area (Å²) >= 11 is 1.40. The predicted octanol–water partition coefficient (Wildman–Crippen LogP) is 0.617. The predicted molar refractivity (Wildman–Crippen MR) is 78.9 cm³/mol. The largest absolute Gasteiger partial charge is 0.382 e. The molecule has 2 heterocycles. The average molecular weight is 283 g/mol. The zero-order valence-electron chi connectivity index (χ0n) is 11.5. The van der Waals surface area contributed by atoms with Crippen LogP contribution in [0.25, 0.3) is 0 Å². The van der Waals surface area contributed by atoms with Gasteiger partial charge in [0.15, 0.2) is 5.13 Å². The molecule has 1 fully saturated rings. The van der Waals surface area contributed by atoms with Gasteiger partial charge in [0.05, 0.1) is 0 Å². The number of nitrogens with two attached hydrogens (primary N) is 1. The molecule has 1 aliphatic heterocycles. The molecule has 0 spiro atoms. The Morgan fingerprint density at radius 2 is 2.05 bits per heavy atom. The Bertz CT molecular complexity index is 437. The summed E-state index contributed by atoms with van der Waals surface area (Å²) in [4.78, 5) is 21.2. The molecule has 0 aliphatic carbocycles. The summed E-state index contributed by atoms with van der Waals surface area (Å²) in [5.41, 5.74) is 5.91. The fourth-order valence-corrected chi connectivity index (χ4v) is 3.12. The van der Waals surface area contributed by atoms with Crippen molar-refractivity contribution in [2.75, 3.05) is 49.9 Å². The molecule has 7 heteroatoms. The second-order valence-electron chi connectivity index (χ2n) is 4.43. The van der Waals surface area contributed by atoms with E-state index in [0.717, 1.165) is 31.3 Å². The van der Waals surface area contributed by atoms with E-state index in [1.807, 2.05) is 13.8 Å². The molecule has 0 radical (unpaired) electrons. The van der Waals surface area contributed by atoms with Crippen LogP contribution in [0.5, 0.6) is 0 Å². The number of carbonyl (C=O) groups excluding carboxylic acids is 1. The number of hydrogen-bond acceptors (Lipinski definition) is 6. The molecule has 3 N–H and O–H groups in total. The highest BCUT2D eigenvalue weighted by atomic mass is 32.1. The van der Waals surface area contributed by atoms with Crippen molar-refractivity contribution in [2.45, 2.75) is 13.8 Å². The van der Waals surface area contributed by atoms with E-state index in [-0.39, 0.29) is 5.91 Å². The molecule has 0 unspecified atom stereocenters. The van der Waals surface area contributed by atoms with Crippen molar-refractivity contribution in [3.63, 3.8) is 0 Å². The van der Waals surface area contributed by atoms with Gasteiger partial charge in [-0.3, -0.25) is 4.79 Å². The number of hydrogen-bond donors (Lipinski definition) is 2. The first-order valence-electron chi connectivity index (χ1n) is 6.68. The molecule has 6 nitrogen and oxygen atoms in total. The number of amides is 1. The van der Waals surface area contributed by atoms with E-state index in [9.17, 15) is 4.79 Å². The number of anilines is 2. The van der Waals surface area contributed by atoms with Crippen LogP contribution in [0.3, 0.4) is 0 Å². The van der Waals surface area contributed by atoms with Crippen LogP contribution in [0, 0.1) is 0 Å². The standard InChI is InChI=1S/C12H21N5OS/c1-3-16(4-2)11(18)9-10(13)15-12(19-9)17-7-5-14-6-8-17/h14H,3-8,13H2,1-2H3. The number of nitrogens with zero attached hydrogens (tertiary/aromatic N) is 3. The zero-order valence-corrected chi connectivity index (χ0v) is 12.3. The third-order valence-electron chi connectivity index (χ3n) is 3.27. The Balaban J connectivity index is 2.18. The number of thiazole rings is 1. The molecule has 106 valence electrons. The van der Waals surface area contributed by atoms with Crippen LogP contribution >= 0.6 is 11.3 Å². The Morgan fingerprint density at radius 3 is 2.63 bits per heavy atom. The molecular formula is C12H21N5OS. The molecule has 0 aromatic carbocycles. The molecule has 1 saturated heterocycles. The topological polar surface area (TPSA) is 74.5 Å². The van der Waals surface area contributed by atoms with Gasteiger partial charge in [0.2, 0.25) is 0 Å². The lowest BCUT2D eigenvalue weighted by molar-refractivity contribution is 0.0778. The normalized spacial score (nSPS) is 15.6. The van der Waals surface area contributed by atoms with Gasteiger partial charge in [0, 0.05) is 39.3 Å². The number of nitrogen functional groups attached to an aromatic ring is 1. The summed E-state index contributed by atoms with van der Waals surface area (Å²) in [5.74, 6) is 0.344. The summed E-state index contributed by atoms with van der Waals surface area (Å²) < 4.78 is 0. The van der Waals surface area contributed by atoms with Crippen molar-refractivity contribution in [2.24, 2.45) is 0 Å². The minimum absolute atomic E-state index is 0.0126. The maximum atomic E-state index is 12.3. The number of piperazine rings is 1. The van der Waals surface area contributed by atoms with Crippen molar-refractivity contribution >= 4 is 28.2 Å². The summed E-state index contributed by atoms with van der Waals surface area (Å²) in [6, 6.07) is 0. The zero-order chi connectivity index (χ0) is 13.8. The molecule has 2 rings (SSSR count). The van der Waals surface area contributed by atoms with Crippen molar-refractivity contribution in [1.82, 2.24) is 15.2 Å². The van der Waals surface area contributed by atoms with Crippen LogP contribution in [-0.4, -0.2) is 55.1 Å². The summed E-state index contributed by atoms with van der Waals surface area (Å²) in [6.45, 7) is 9.02. The number of carbonyl (C=O) groups is 1. The minimum atomic E-state index is -0.0126. The fourth-order valence-electron chi connectivity index (χ4n) is 2.12. The average Bonchev–Trinajstić information content (AvgIpc) is 2.83. The lowest BCUT2D eigenvalue weighted by Crippen LogP contribution is -2.43. The molecule has 0 atom stereocenters. The number of aromatic nitrogens is 1. The third kappa shape index (κ3) is 2.98. The smallest absolute Gasteiger partial charge is 0.267 e. The Hall–Kier alpha value is -1.34. The van der Waals surface area contributed by atoms with Gasteiger partial charge in [0.25, 0.3) is 5.91 Å². The van der Waals surface area contributed by atoms with E-state index in [1.54, 1.807) is 4.90 Å². The lowest BCUT2D eigenvalue weighted by Gasteiger charge is -2.26. The van der Waals surface area contributed by atoms with Gasteiger partial charge in [-0.15, -0.1) is 0 Å². The van der Waals surface area contributed by atoms with Crippen molar-refractivity contribution in [1.29, 1.82) is 0 Å². The van der Waals surface area contributed by atoms with E-state index < -0.39 is 0 Å². The van der Waals surface area contributed by atoms with E-state index in [4.69, 9.17) is 5.73 Å². The maximum absolute atomic E-state index is 12.3. The van der Waals surface area contributed by atoms with Gasteiger partial charge >= 0.3 is 0 Å². The molecule has 0 saturated carbocycles.